The summed E-state index contributed by atoms with van der Waals surface area (Å²) in [6.07, 6.45) is 0. The monoisotopic (exact) mass is 268 g/mol. The van der Waals surface area contributed by atoms with Crippen LogP contribution in [0, 0.1) is 0 Å². The van der Waals surface area contributed by atoms with Gasteiger partial charge in [0.1, 0.15) is 17.1 Å². The summed E-state index contributed by atoms with van der Waals surface area (Å²) in [5.41, 5.74) is 1.31. The summed E-state index contributed by atoms with van der Waals surface area (Å²) in [6.45, 7) is 0. The lowest BCUT2D eigenvalue weighted by Gasteiger charge is -2.09. The predicted octanol–water partition coefficient (Wildman–Crippen LogP) is 3.17. The lowest BCUT2D eigenvalue weighted by Crippen LogP contribution is -1.98. The Bertz CT molecular complexity index is 819. The highest BCUT2D eigenvalue weighted by Gasteiger charge is 2.13. The highest BCUT2D eigenvalue weighted by molar-refractivity contribution is 5.98. The summed E-state index contributed by atoms with van der Waals surface area (Å²) in [6, 6.07) is 13.8. The Morgan fingerprint density at radius 1 is 1.10 bits per heavy atom. The van der Waals surface area contributed by atoms with E-state index < -0.39 is 5.63 Å². The van der Waals surface area contributed by atoms with Crippen LogP contribution < -0.4 is 10.4 Å². The van der Waals surface area contributed by atoms with Gasteiger partial charge in [0.05, 0.1) is 12.5 Å². The maximum atomic E-state index is 11.7. The minimum atomic E-state index is -0.469. The Labute approximate surface area is 114 Å². The number of fused-ring (bicyclic) bond motifs is 1. The van der Waals surface area contributed by atoms with Crippen molar-refractivity contribution in [2.45, 2.75) is 0 Å². The van der Waals surface area contributed by atoms with Crippen molar-refractivity contribution in [3.05, 3.63) is 59.0 Å². The minimum absolute atomic E-state index is 0.0157. The van der Waals surface area contributed by atoms with Crippen LogP contribution >= 0.6 is 0 Å². The molecule has 0 fully saturated rings. The zero-order valence-electron chi connectivity index (χ0n) is 10.8. The fraction of sp³-hybridized carbons (Fsp3) is 0.0625. The molecule has 1 heterocycles. The van der Waals surface area contributed by atoms with Gasteiger partial charge in [-0.1, -0.05) is 30.3 Å². The second-order valence-electron chi connectivity index (χ2n) is 4.36. The molecule has 0 aliphatic carbocycles. The first-order valence-electron chi connectivity index (χ1n) is 6.09. The molecule has 0 atom stereocenters. The predicted molar refractivity (Wildman–Crippen MR) is 76.1 cm³/mol. The summed E-state index contributed by atoms with van der Waals surface area (Å²) in [7, 11) is 1.49. The SMILES string of the molecule is COc1cc(O)c2c(-c3ccccc3)cc(=O)oc2c1. The van der Waals surface area contributed by atoms with Crippen LogP contribution in [0.2, 0.25) is 0 Å². The van der Waals surface area contributed by atoms with Crippen LogP contribution in [0.3, 0.4) is 0 Å². The normalized spacial score (nSPS) is 10.7. The molecular weight excluding hydrogens is 256 g/mol. The first kappa shape index (κ1) is 12.3. The molecule has 4 nitrogen and oxygen atoms in total. The first-order chi connectivity index (χ1) is 9.69. The lowest BCUT2D eigenvalue weighted by atomic mass is 10.0. The van der Waals surface area contributed by atoms with Crippen molar-refractivity contribution < 1.29 is 14.3 Å². The van der Waals surface area contributed by atoms with Crippen molar-refractivity contribution in [3.8, 4) is 22.6 Å². The summed E-state index contributed by atoms with van der Waals surface area (Å²) in [4.78, 5) is 11.7. The molecular formula is C16H12O4. The number of aromatic hydroxyl groups is 1. The maximum Gasteiger partial charge on any atom is 0.336 e. The van der Waals surface area contributed by atoms with Crippen LogP contribution in [-0.4, -0.2) is 12.2 Å². The molecule has 0 aliphatic heterocycles. The minimum Gasteiger partial charge on any atom is -0.507 e. The Hall–Kier alpha value is -2.75. The molecule has 0 amide bonds. The number of phenolic OH excluding ortho intramolecular Hbond substituents is 1. The van der Waals surface area contributed by atoms with Gasteiger partial charge in [-0.15, -0.1) is 0 Å². The zero-order chi connectivity index (χ0) is 14.1. The molecule has 0 radical (unpaired) electrons. The smallest absolute Gasteiger partial charge is 0.336 e. The van der Waals surface area contributed by atoms with E-state index in [2.05, 4.69) is 0 Å². The molecule has 1 aromatic heterocycles. The summed E-state index contributed by atoms with van der Waals surface area (Å²) in [5.74, 6) is 0.449. The molecule has 0 unspecified atom stereocenters. The first-order valence-corrected chi connectivity index (χ1v) is 6.09. The number of ether oxygens (including phenoxy) is 1. The third-order valence-corrected chi connectivity index (χ3v) is 3.12. The number of methoxy groups -OCH3 is 1. The van der Waals surface area contributed by atoms with Crippen molar-refractivity contribution in [2.75, 3.05) is 7.11 Å². The van der Waals surface area contributed by atoms with E-state index in [9.17, 15) is 9.90 Å². The highest BCUT2D eigenvalue weighted by Crippen LogP contribution is 2.36. The number of benzene rings is 2. The Morgan fingerprint density at radius 2 is 1.85 bits per heavy atom. The second-order valence-corrected chi connectivity index (χ2v) is 4.36. The van der Waals surface area contributed by atoms with Crippen LogP contribution in [0.5, 0.6) is 11.5 Å². The molecule has 0 bridgehead atoms. The van der Waals surface area contributed by atoms with E-state index in [1.807, 2.05) is 30.3 Å². The highest BCUT2D eigenvalue weighted by atomic mass is 16.5. The van der Waals surface area contributed by atoms with E-state index in [0.717, 1.165) is 5.56 Å². The zero-order valence-corrected chi connectivity index (χ0v) is 10.8. The summed E-state index contributed by atoms with van der Waals surface area (Å²) < 4.78 is 10.2. The van der Waals surface area contributed by atoms with Crippen LogP contribution in [0.25, 0.3) is 22.1 Å². The van der Waals surface area contributed by atoms with Gasteiger partial charge in [0.25, 0.3) is 0 Å². The molecule has 0 aliphatic rings. The summed E-state index contributed by atoms with van der Waals surface area (Å²) in [5, 5.41) is 10.7. The molecule has 3 aromatic rings. The second kappa shape index (κ2) is 4.74. The van der Waals surface area contributed by atoms with Gasteiger partial charge in [-0.25, -0.2) is 4.79 Å². The Morgan fingerprint density at radius 3 is 2.55 bits per heavy atom. The fourth-order valence-electron chi connectivity index (χ4n) is 2.22. The third kappa shape index (κ3) is 2.01. The average molecular weight is 268 g/mol. The molecule has 0 saturated heterocycles. The average Bonchev–Trinajstić information content (AvgIpc) is 2.46. The number of rotatable bonds is 2. The van der Waals surface area contributed by atoms with Gasteiger partial charge in [0.15, 0.2) is 0 Å². The number of phenols is 1. The maximum absolute atomic E-state index is 11.7. The van der Waals surface area contributed by atoms with Crippen LogP contribution in [0.4, 0.5) is 0 Å². The van der Waals surface area contributed by atoms with Crippen LogP contribution in [0.15, 0.2) is 57.7 Å². The molecule has 4 heteroatoms. The van der Waals surface area contributed by atoms with E-state index in [1.165, 1.54) is 19.2 Å². The van der Waals surface area contributed by atoms with Crippen LogP contribution in [0.1, 0.15) is 0 Å². The van der Waals surface area contributed by atoms with Gasteiger partial charge in [-0.3, -0.25) is 0 Å². The van der Waals surface area contributed by atoms with E-state index in [4.69, 9.17) is 9.15 Å². The largest absolute Gasteiger partial charge is 0.507 e. The van der Waals surface area contributed by atoms with E-state index in [0.29, 0.717) is 22.3 Å². The van der Waals surface area contributed by atoms with Crippen molar-refractivity contribution in [1.29, 1.82) is 0 Å². The summed E-state index contributed by atoms with van der Waals surface area (Å²) >= 11 is 0. The van der Waals surface area contributed by atoms with Crippen molar-refractivity contribution >= 4 is 11.0 Å². The van der Waals surface area contributed by atoms with E-state index in [1.54, 1.807) is 6.07 Å². The van der Waals surface area contributed by atoms with Gasteiger partial charge in [0, 0.05) is 23.8 Å². The van der Waals surface area contributed by atoms with E-state index >= 15 is 0 Å². The molecule has 3 rings (SSSR count). The van der Waals surface area contributed by atoms with Gasteiger partial charge in [-0.2, -0.15) is 0 Å². The Kier molecular flexibility index (Phi) is 2.91. The third-order valence-electron chi connectivity index (χ3n) is 3.12. The standard InChI is InChI=1S/C16H12O4/c1-19-11-7-13(17)16-12(10-5-3-2-4-6-10)9-15(18)20-14(16)8-11/h2-9,17H,1H3. The van der Waals surface area contributed by atoms with E-state index in [-0.39, 0.29) is 5.75 Å². The van der Waals surface area contributed by atoms with Gasteiger partial charge in [0.2, 0.25) is 0 Å². The topological polar surface area (TPSA) is 59.7 Å². The van der Waals surface area contributed by atoms with Crippen LogP contribution in [-0.2, 0) is 0 Å². The number of hydrogen-bond acceptors (Lipinski definition) is 4. The van der Waals surface area contributed by atoms with Crippen molar-refractivity contribution in [2.24, 2.45) is 0 Å². The molecule has 0 spiro atoms. The van der Waals surface area contributed by atoms with Gasteiger partial charge in [-0.05, 0) is 5.56 Å². The number of hydrogen-bond donors (Lipinski definition) is 1. The molecule has 100 valence electrons. The van der Waals surface area contributed by atoms with Gasteiger partial charge < -0.3 is 14.3 Å². The molecule has 0 saturated carbocycles. The quantitative estimate of drug-likeness (QED) is 0.725. The van der Waals surface area contributed by atoms with Crippen molar-refractivity contribution in [1.82, 2.24) is 0 Å². The van der Waals surface area contributed by atoms with Crippen molar-refractivity contribution in [3.63, 3.8) is 0 Å². The molecule has 2 aromatic carbocycles. The Balaban J connectivity index is 2.41. The molecule has 1 N–H and O–H groups in total. The molecule has 20 heavy (non-hydrogen) atoms. The fourth-order valence-corrected chi connectivity index (χ4v) is 2.22. The lowest BCUT2D eigenvalue weighted by molar-refractivity contribution is 0.407. The van der Waals surface area contributed by atoms with Gasteiger partial charge >= 0.3 is 5.63 Å².